The van der Waals surface area contributed by atoms with Gasteiger partial charge in [0, 0.05) is 23.5 Å². The number of carbonyl (C=O) groups excluding carboxylic acids is 1. The van der Waals surface area contributed by atoms with Gasteiger partial charge >= 0.3 is 0 Å². The number of hydrogen-bond donors (Lipinski definition) is 2. The van der Waals surface area contributed by atoms with Crippen LogP contribution < -0.4 is 11.1 Å². The number of aromatic nitrogens is 3. The van der Waals surface area contributed by atoms with Gasteiger partial charge in [-0.1, -0.05) is 18.2 Å². The summed E-state index contributed by atoms with van der Waals surface area (Å²) in [5.41, 5.74) is 11.9. The molecule has 0 aliphatic carbocycles. The van der Waals surface area contributed by atoms with Crippen molar-refractivity contribution in [2.75, 3.05) is 5.32 Å². The third kappa shape index (κ3) is 3.69. The molecular weight excluding hydrogens is 362 g/mol. The summed E-state index contributed by atoms with van der Waals surface area (Å²) >= 11 is 0. The Balaban J connectivity index is 1.74. The number of anilines is 2. The second kappa shape index (κ2) is 7.39. The maximum absolute atomic E-state index is 11.5. The van der Waals surface area contributed by atoms with Crippen LogP contribution in [0, 0.1) is 20.8 Å². The van der Waals surface area contributed by atoms with Gasteiger partial charge < -0.3 is 15.6 Å². The first-order valence-corrected chi connectivity index (χ1v) is 9.48. The van der Waals surface area contributed by atoms with Gasteiger partial charge in [0.2, 0.25) is 11.9 Å². The summed E-state index contributed by atoms with van der Waals surface area (Å²) in [4.78, 5) is 20.5. The highest BCUT2D eigenvalue weighted by Gasteiger charge is 2.13. The molecule has 29 heavy (non-hydrogen) atoms. The standard InChI is InChI=1S/C23H23N5O/c1-14-10-18(11-15(2)16(14)3)26-23-25-9-8-22(27-23)28-13-17(12-21(24)29)19-6-4-5-7-20(19)28/h4-11,13H,12H2,1-3H3,(H2,24,29)(H,25,26,27). The number of nitrogens with one attached hydrogen (secondary N) is 1. The maximum atomic E-state index is 11.5. The SMILES string of the molecule is Cc1cc(Nc2nccc(-n3cc(CC(N)=O)c4ccccc43)n2)cc(C)c1C. The van der Waals surface area contributed by atoms with E-state index in [-0.39, 0.29) is 12.3 Å². The van der Waals surface area contributed by atoms with Crippen molar-refractivity contribution in [1.82, 2.24) is 14.5 Å². The average molecular weight is 385 g/mol. The fourth-order valence-corrected chi connectivity index (χ4v) is 3.55. The summed E-state index contributed by atoms with van der Waals surface area (Å²) in [6.45, 7) is 6.31. The van der Waals surface area contributed by atoms with E-state index in [0.717, 1.165) is 28.0 Å². The fourth-order valence-electron chi connectivity index (χ4n) is 3.55. The predicted molar refractivity (Wildman–Crippen MR) is 116 cm³/mol. The van der Waals surface area contributed by atoms with Crippen LogP contribution >= 0.6 is 0 Å². The maximum Gasteiger partial charge on any atom is 0.229 e. The summed E-state index contributed by atoms with van der Waals surface area (Å²) in [7, 11) is 0. The lowest BCUT2D eigenvalue weighted by atomic mass is 10.0. The Labute approximate surface area is 169 Å². The lowest BCUT2D eigenvalue weighted by Crippen LogP contribution is -2.13. The number of carbonyl (C=O) groups is 1. The number of para-hydroxylation sites is 1. The van der Waals surface area contributed by atoms with E-state index in [1.54, 1.807) is 6.20 Å². The first kappa shape index (κ1) is 18.7. The molecule has 0 unspecified atom stereocenters. The van der Waals surface area contributed by atoms with Crippen LogP contribution in [-0.4, -0.2) is 20.4 Å². The minimum Gasteiger partial charge on any atom is -0.369 e. The van der Waals surface area contributed by atoms with Crippen molar-refractivity contribution in [3.05, 3.63) is 77.1 Å². The zero-order valence-electron chi connectivity index (χ0n) is 16.7. The molecule has 0 bridgehead atoms. The Morgan fingerprint density at radius 1 is 1.10 bits per heavy atom. The van der Waals surface area contributed by atoms with Crippen LogP contribution in [0.25, 0.3) is 16.7 Å². The minimum atomic E-state index is -0.358. The molecule has 0 saturated heterocycles. The molecule has 0 radical (unpaired) electrons. The van der Waals surface area contributed by atoms with Crippen LogP contribution in [-0.2, 0) is 11.2 Å². The molecule has 2 aromatic carbocycles. The summed E-state index contributed by atoms with van der Waals surface area (Å²) < 4.78 is 1.96. The zero-order chi connectivity index (χ0) is 20.5. The Hall–Kier alpha value is -3.67. The van der Waals surface area contributed by atoms with Gasteiger partial charge in [-0.15, -0.1) is 0 Å². The van der Waals surface area contributed by atoms with Crippen molar-refractivity contribution in [1.29, 1.82) is 0 Å². The molecule has 2 heterocycles. The molecule has 6 heteroatoms. The van der Waals surface area contributed by atoms with E-state index in [2.05, 4.69) is 48.2 Å². The number of fused-ring (bicyclic) bond motifs is 1. The molecule has 146 valence electrons. The van der Waals surface area contributed by atoms with E-state index >= 15 is 0 Å². The van der Waals surface area contributed by atoms with Crippen LogP contribution in [0.5, 0.6) is 0 Å². The van der Waals surface area contributed by atoms with Crippen molar-refractivity contribution >= 4 is 28.4 Å². The third-order valence-corrected chi connectivity index (χ3v) is 5.23. The zero-order valence-corrected chi connectivity index (χ0v) is 16.7. The normalized spacial score (nSPS) is 11.0. The van der Waals surface area contributed by atoms with Gasteiger partial charge in [0.15, 0.2) is 0 Å². The molecule has 1 amide bonds. The molecule has 2 aromatic heterocycles. The van der Waals surface area contributed by atoms with E-state index in [9.17, 15) is 4.79 Å². The highest BCUT2D eigenvalue weighted by molar-refractivity contribution is 5.89. The Kier molecular flexibility index (Phi) is 4.76. The second-order valence-electron chi connectivity index (χ2n) is 7.28. The van der Waals surface area contributed by atoms with Gasteiger partial charge in [-0.3, -0.25) is 4.79 Å². The highest BCUT2D eigenvalue weighted by Crippen LogP contribution is 2.26. The second-order valence-corrected chi connectivity index (χ2v) is 7.28. The number of primary amides is 1. The van der Waals surface area contributed by atoms with Crippen LogP contribution in [0.1, 0.15) is 22.3 Å². The average Bonchev–Trinajstić information content (AvgIpc) is 3.04. The largest absolute Gasteiger partial charge is 0.369 e. The molecular formula is C23H23N5O. The molecule has 3 N–H and O–H groups in total. The molecule has 0 fully saturated rings. The number of amides is 1. The first-order valence-electron chi connectivity index (χ1n) is 9.48. The quantitative estimate of drug-likeness (QED) is 0.541. The van der Waals surface area contributed by atoms with E-state index in [4.69, 9.17) is 5.73 Å². The Morgan fingerprint density at radius 3 is 2.55 bits per heavy atom. The van der Waals surface area contributed by atoms with Gasteiger partial charge in [-0.2, -0.15) is 4.98 Å². The van der Waals surface area contributed by atoms with E-state index in [0.29, 0.717) is 5.95 Å². The minimum absolute atomic E-state index is 0.186. The lowest BCUT2D eigenvalue weighted by Gasteiger charge is -2.11. The molecule has 0 aliphatic rings. The van der Waals surface area contributed by atoms with Gasteiger partial charge in [0.25, 0.3) is 0 Å². The van der Waals surface area contributed by atoms with Crippen LogP contribution in [0.3, 0.4) is 0 Å². The summed E-state index contributed by atoms with van der Waals surface area (Å²) in [5, 5.41) is 4.29. The van der Waals surface area contributed by atoms with Gasteiger partial charge in [-0.25, -0.2) is 4.98 Å². The molecule has 0 atom stereocenters. The molecule has 6 nitrogen and oxygen atoms in total. The van der Waals surface area contributed by atoms with Crippen LogP contribution in [0.4, 0.5) is 11.6 Å². The summed E-state index contributed by atoms with van der Waals surface area (Å²) in [5.74, 6) is 0.873. The van der Waals surface area contributed by atoms with E-state index < -0.39 is 0 Å². The predicted octanol–water partition coefficient (Wildman–Crippen LogP) is 4.12. The van der Waals surface area contributed by atoms with Crippen LogP contribution in [0.15, 0.2) is 54.9 Å². The smallest absolute Gasteiger partial charge is 0.229 e. The lowest BCUT2D eigenvalue weighted by molar-refractivity contribution is -0.117. The molecule has 0 aliphatic heterocycles. The number of hydrogen-bond acceptors (Lipinski definition) is 4. The number of rotatable bonds is 5. The topological polar surface area (TPSA) is 85.8 Å². The van der Waals surface area contributed by atoms with Gasteiger partial charge in [-0.05, 0) is 67.3 Å². The molecule has 4 rings (SSSR count). The Morgan fingerprint density at radius 2 is 1.83 bits per heavy atom. The van der Waals surface area contributed by atoms with Crippen molar-refractivity contribution in [2.24, 2.45) is 5.73 Å². The Bertz CT molecular complexity index is 1200. The third-order valence-electron chi connectivity index (χ3n) is 5.23. The molecule has 0 spiro atoms. The number of nitrogens with zero attached hydrogens (tertiary/aromatic N) is 3. The molecule has 0 saturated carbocycles. The molecule has 4 aromatic rings. The van der Waals surface area contributed by atoms with Crippen molar-refractivity contribution in [3.8, 4) is 5.82 Å². The summed E-state index contributed by atoms with van der Waals surface area (Å²) in [6, 6.07) is 13.9. The monoisotopic (exact) mass is 385 g/mol. The van der Waals surface area contributed by atoms with Gasteiger partial charge in [0.1, 0.15) is 5.82 Å². The van der Waals surface area contributed by atoms with Gasteiger partial charge in [0.05, 0.1) is 11.9 Å². The van der Waals surface area contributed by atoms with E-state index in [1.165, 1.54) is 16.7 Å². The van der Waals surface area contributed by atoms with E-state index in [1.807, 2.05) is 41.1 Å². The van der Waals surface area contributed by atoms with Crippen molar-refractivity contribution < 1.29 is 4.79 Å². The fraction of sp³-hybridized carbons (Fsp3) is 0.174. The number of benzene rings is 2. The van der Waals surface area contributed by atoms with Crippen LogP contribution in [0.2, 0.25) is 0 Å². The summed E-state index contributed by atoms with van der Waals surface area (Å²) in [6.07, 6.45) is 3.83. The van der Waals surface area contributed by atoms with Crippen molar-refractivity contribution in [2.45, 2.75) is 27.2 Å². The van der Waals surface area contributed by atoms with Crippen molar-refractivity contribution in [3.63, 3.8) is 0 Å². The number of nitrogens with two attached hydrogens (primary N) is 1. The number of aryl methyl sites for hydroxylation is 2. The highest BCUT2D eigenvalue weighted by atomic mass is 16.1. The first-order chi connectivity index (χ1) is 13.9.